The number of nitrogens with one attached hydrogen (secondary N) is 1. The number of aromatic nitrogens is 1. The summed E-state index contributed by atoms with van der Waals surface area (Å²) >= 11 is 5.84. The number of rotatable bonds is 2. The third-order valence-electron chi connectivity index (χ3n) is 2.27. The first-order chi connectivity index (χ1) is 7.63. The quantitative estimate of drug-likeness (QED) is 0.791. The average molecular weight is 239 g/mol. The van der Waals surface area contributed by atoms with Crippen LogP contribution in [-0.4, -0.2) is 17.6 Å². The van der Waals surface area contributed by atoms with Crippen molar-refractivity contribution in [1.29, 1.82) is 0 Å². The highest BCUT2D eigenvalue weighted by molar-refractivity contribution is 6.31. The largest absolute Gasteiger partial charge is 0.462 e. The van der Waals surface area contributed by atoms with Gasteiger partial charge in [-0.1, -0.05) is 17.7 Å². The zero-order valence-corrected chi connectivity index (χ0v) is 9.47. The number of esters is 1. The Morgan fingerprint density at radius 1 is 1.56 bits per heavy atom. The minimum absolute atomic E-state index is 0.302. The van der Waals surface area contributed by atoms with Crippen LogP contribution in [0.5, 0.6) is 0 Å². The minimum Gasteiger partial charge on any atom is -0.462 e. The lowest BCUT2D eigenvalue weighted by molar-refractivity contribution is 0.0530. The molecule has 0 bridgehead atoms. The lowest BCUT2D eigenvalue weighted by atomic mass is 10.1. The summed E-state index contributed by atoms with van der Waals surface area (Å²) in [4.78, 5) is 14.6. The fraction of sp³-hybridized carbons (Fsp3) is 0.182. The second-order valence-electron chi connectivity index (χ2n) is 3.32. The molecule has 2 rings (SSSR count). The van der Waals surface area contributed by atoms with E-state index < -0.39 is 5.97 Å². The molecule has 0 spiro atoms. The van der Waals surface area contributed by atoms with Crippen LogP contribution in [0.4, 0.5) is 5.82 Å². The highest BCUT2D eigenvalue weighted by atomic mass is 35.5. The third kappa shape index (κ3) is 1.72. The van der Waals surface area contributed by atoms with Gasteiger partial charge in [-0.05, 0) is 19.1 Å². The monoisotopic (exact) mass is 238 g/mol. The number of halogens is 1. The van der Waals surface area contributed by atoms with E-state index >= 15 is 0 Å². The van der Waals surface area contributed by atoms with E-state index in [1.807, 2.05) is 0 Å². The van der Waals surface area contributed by atoms with Crippen molar-refractivity contribution >= 4 is 34.3 Å². The predicted octanol–water partition coefficient (Wildman–Crippen LogP) is 2.58. The lowest BCUT2D eigenvalue weighted by Gasteiger charge is -2.00. The summed E-state index contributed by atoms with van der Waals surface area (Å²) in [6.07, 6.45) is 0. The van der Waals surface area contributed by atoms with Gasteiger partial charge in [0.15, 0.2) is 0 Å². The van der Waals surface area contributed by atoms with Crippen LogP contribution < -0.4 is 5.73 Å². The SMILES string of the molecule is CCOC(=O)c1c(N)[nH]c2cc(Cl)ccc12. The van der Waals surface area contributed by atoms with Crippen molar-refractivity contribution in [2.45, 2.75) is 6.92 Å². The Labute approximate surface area is 97.3 Å². The van der Waals surface area contributed by atoms with Crippen molar-refractivity contribution in [2.24, 2.45) is 0 Å². The molecule has 0 atom stereocenters. The number of nitrogen functional groups attached to an aromatic ring is 1. The Hall–Kier alpha value is -1.68. The van der Waals surface area contributed by atoms with Gasteiger partial charge in [0, 0.05) is 15.9 Å². The highest BCUT2D eigenvalue weighted by Crippen LogP contribution is 2.27. The number of carbonyl (C=O) groups excluding carboxylic acids is 1. The molecular weight excluding hydrogens is 228 g/mol. The van der Waals surface area contributed by atoms with Crippen LogP contribution in [0.25, 0.3) is 10.9 Å². The topological polar surface area (TPSA) is 68.1 Å². The van der Waals surface area contributed by atoms with E-state index in [2.05, 4.69) is 4.98 Å². The summed E-state index contributed by atoms with van der Waals surface area (Å²) < 4.78 is 4.93. The number of aromatic amines is 1. The second kappa shape index (κ2) is 4.06. The van der Waals surface area contributed by atoms with Gasteiger partial charge in [0.05, 0.1) is 6.61 Å². The summed E-state index contributed by atoms with van der Waals surface area (Å²) in [6, 6.07) is 5.17. The molecule has 3 N–H and O–H groups in total. The highest BCUT2D eigenvalue weighted by Gasteiger charge is 2.17. The van der Waals surface area contributed by atoms with E-state index in [-0.39, 0.29) is 0 Å². The first kappa shape index (κ1) is 10.8. The maximum atomic E-state index is 11.7. The molecule has 2 aromatic rings. The molecule has 0 aliphatic rings. The van der Waals surface area contributed by atoms with Crippen molar-refractivity contribution in [1.82, 2.24) is 4.98 Å². The number of H-pyrrole nitrogens is 1. The van der Waals surface area contributed by atoms with Crippen LogP contribution in [0.15, 0.2) is 18.2 Å². The maximum Gasteiger partial charge on any atom is 0.342 e. The van der Waals surface area contributed by atoms with Gasteiger partial charge in [-0.2, -0.15) is 0 Å². The molecule has 0 aliphatic carbocycles. The second-order valence-corrected chi connectivity index (χ2v) is 3.76. The summed E-state index contributed by atoms with van der Waals surface area (Å²) in [7, 11) is 0. The van der Waals surface area contributed by atoms with E-state index in [1.54, 1.807) is 25.1 Å². The van der Waals surface area contributed by atoms with E-state index in [0.29, 0.717) is 23.0 Å². The summed E-state index contributed by atoms with van der Waals surface area (Å²) in [5, 5.41) is 1.31. The number of hydrogen-bond donors (Lipinski definition) is 2. The molecular formula is C11H11ClN2O2. The fourth-order valence-corrected chi connectivity index (χ4v) is 1.79. The Morgan fingerprint density at radius 3 is 3.00 bits per heavy atom. The standard InChI is InChI=1S/C11H11ClN2O2/c1-2-16-11(15)9-7-4-3-6(12)5-8(7)14-10(9)13/h3-5,14H,2,13H2,1H3. The molecule has 0 unspecified atom stereocenters. The minimum atomic E-state index is -0.423. The Morgan fingerprint density at radius 2 is 2.31 bits per heavy atom. The molecule has 0 radical (unpaired) electrons. The molecule has 1 aromatic carbocycles. The number of fused-ring (bicyclic) bond motifs is 1. The summed E-state index contributed by atoms with van der Waals surface area (Å²) in [6.45, 7) is 2.07. The third-order valence-corrected chi connectivity index (χ3v) is 2.50. The number of nitrogens with two attached hydrogens (primary N) is 1. The molecule has 16 heavy (non-hydrogen) atoms. The Bertz CT molecular complexity index is 548. The van der Waals surface area contributed by atoms with Gasteiger partial charge in [0.1, 0.15) is 11.4 Å². The van der Waals surface area contributed by atoms with Crippen molar-refractivity contribution in [3.8, 4) is 0 Å². The van der Waals surface area contributed by atoms with Gasteiger partial charge in [-0.15, -0.1) is 0 Å². The average Bonchev–Trinajstić information content (AvgIpc) is 2.53. The molecule has 0 saturated heterocycles. The first-order valence-electron chi connectivity index (χ1n) is 4.87. The molecule has 5 heteroatoms. The van der Waals surface area contributed by atoms with Crippen molar-refractivity contribution in [2.75, 3.05) is 12.3 Å². The number of benzene rings is 1. The maximum absolute atomic E-state index is 11.7. The summed E-state index contributed by atoms with van der Waals surface area (Å²) in [5.74, 6) is -0.121. The van der Waals surface area contributed by atoms with Gasteiger partial charge in [-0.3, -0.25) is 0 Å². The molecule has 84 valence electrons. The van der Waals surface area contributed by atoms with Crippen LogP contribution >= 0.6 is 11.6 Å². The summed E-state index contributed by atoms with van der Waals surface area (Å²) in [5.41, 5.74) is 6.83. The molecule has 4 nitrogen and oxygen atoms in total. The van der Waals surface area contributed by atoms with Gasteiger partial charge >= 0.3 is 5.97 Å². The van der Waals surface area contributed by atoms with E-state index in [1.165, 1.54) is 0 Å². The molecule has 1 heterocycles. The zero-order chi connectivity index (χ0) is 11.7. The van der Waals surface area contributed by atoms with Gasteiger partial charge < -0.3 is 15.5 Å². The van der Waals surface area contributed by atoms with Crippen LogP contribution in [0, 0.1) is 0 Å². The lowest BCUT2D eigenvalue weighted by Crippen LogP contribution is -2.06. The normalized spacial score (nSPS) is 10.6. The first-order valence-corrected chi connectivity index (χ1v) is 5.25. The smallest absolute Gasteiger partial charge is 0.342 e. The van der Waals surface area contributed by atoms with Crippen LogP contribution in [0.3, 0.4) is 0 Å². The number of hydrogen-bond acceptors (Lipinski definition) is 3. The molecule has 1 aromatic heterocycles. The number of ether oxygens (including phenoxy) is 1. The molecule has 0 aliphatic heterocycles. The van der Waals surface area contributed by atoms with Crippen molar-refractivity contribution in [3.63, 3.8) is 0 Å². The van der Waals surface area contributed by atoms with E-state index in [4.69, 9.17) is 22.1 Å². The predicted molar refractivity (Wildman–Crippen MR) is 63.7 cm³/mol. The van der Waals surface area contributed by atoms with E-state index in [9.17, 15) is 4.79 Å². The molecule has 0 amide bonds. The Balaban J connectivity index is 2.60. The van der Waals surface area contributed by atoms with Crippen LogP contribution in [-0.2, 0) is 4.74 Å². The fourth-order valence-electron chi connectivity index (χ4n) is 1.61. The number of anilines is 1. The van der Waals surface area contributed by atoms with Crippen molar-refractivity contribution in [3.05, 3.63) is 28.8 Å². The van der Waals surface area contributed by atoms with Gasteiger partial charge in [-0.25, -0.2) is 4.79 Å². The van der Waals surface area contributed by atoms with Crippen LogP contribution in [0.1, 0.15) is 17.3 Å². The van der Waals surface area contributed by atoms with Gasteiger partial charge in [0.2, 0.25) is 0 Å². The van der Waals surface area contributed by atoms with Crippen LogP contribution in [0.2, 0.25) is 5.02 Å². The zero-order valence-electron chi connectivity index (χ0n) is 8.71. The van der Waals surface area contributed by atoms with E-state index in [0.717, 1.165) is 10.9 Å². The van der Waals surface area contributed by atoms with Gasteiger partial charge in [0.25, 0.3) is 0 Å². The number of carbonyl (C=O) groups is 1. The van der Waals surface area contributed by atoms with Crippen molar-refractivity contribution < 1.29 is 9.53 Å². The molecule has 0 fully saturated rings. The Kier molecular flexibility index (Phi) is 2.75. The molecule has 0 saturated carbocycles.